The van der Waals surface area contributed by atoms with Gasteiger partial charge in [-0.25, -0.2) is 19.3 Å². The Labute approximate surface area is 184 Å². The monoisotopic (exact) mass is 465 g/mol. The number of primary amides is 1. The van der Waals surface area contributed by atoms with E-state index in [9.17, 15) is 22.8 Å². The molecule has 0 radical (unpaired) electrons. The average Bonchev–Trinajstić information content (AvgIpc) is 3.23. The Bertz CT molecular complexity index is 1220. The molecule has 4 rings (SSSR count). The van der Waals surface area contributed by atoms with Gasteiger partial charge in [0, 0.05) is 25.5 Å². The van der Waals surface area contributed by atoms with Gasteiger partial charge in [0.05, 0.1) is 37.0 Å². The zero-order chi connectivity index (χ0) is 23.8. The summed E-state index contributed by atoms with van der Waals surface area (Å²) in [7, 11) is 1.07. The Morgan fingerprint density at radius 3 is 2.61 bits per heavy atom. The van der Waals surface area contributed by atoms with Crippen molar-refractivity contribution >= 4 is 29.2 Å². The standard InChI is InChI=1S/C19H18F3N7O4/c1-32-18(31)25-14-7-12(19(20,21)22)11(8-24-14)16-26-17(28-2-4-33-5-3-28)13-6-10(15(23)30)9-29(13)27-16/h6-9H,2-5H2,1H3,(H2,23,30)(H,24,25,31). The SMILES string of the molecule is COC(=O)Nc1cc(C(F)(F)F)c(-c2nc(N3CCOCC3)c3cc(C(N)=O)cn3n2)cn1. The lowest BCUT2D eigenvalue weighted by Gasteiger charge is -2.28. The van der Waals surface area contributed by atoms with Gasteiger partial charge in [-0.1, -0.05) is 0 Å². The molecule has 0 spiro atoms. The number of ether oxygens (including phenoxy) is 2. The fourth-order valence-corrected chi connectivity index (χ4v) is 3.33. The van der Waals surface area contributed by atoms with Crippen molar-refractivity contribution in [2.75, 3.05) is 43.6 Å². The van der Waals surface area contributed by atoms with Crippen molar-refractivity contribution in [2.24, 2.45) is 5.73 Å². The number of methoxy groups -OCH3 is 1. The maximum absolute atomic E-state index is 13.9. The number of amides is 2. The van der Waals surface area contributed by atoms with Crippen molar-refractivity contribution in [3.8, 4) is 11.4 Å². The zero-order valence-corrected chi connectivity index (χ0v) is 17.2. The molecule has 4 heterocycles. The number of carbonyl (C=O) groups is 2. The highest BCUT2D eigenvalue weighted by molar-refractivity contribution is 5.95. The number of anilines is 2. The van der Waals surface area contributed by atoms with E-state index in [1.807, 2.05) is 4.90 Å². The first-order valence-corrected chi connectivity index (χ1v) is 9.63. The van der Waals surface area contributed by atoms with Crippen LogP contribution < -0.4 is 16.0 Å². The fraction of sp³-hybridized carbons (Fsp3) is 0.316. The van der Waals surface area contributed by atoms with Gasteiger partial charge in [-0.3, -0.25) is 10.1 Å². The Morgan fingerprint density at radius 1 is 1.24 bits per heavy atom. The number of hydrogen-bond donors (Lipinski definition) is 2. The summed E-state index contributed by atoms with van der Waals surface area (Å²) in [6, 6.07) is 2.14. The van der Waals surface area contributed by atoms with Crippen molar-refractivity contribution in [2.45, 2.75) is 6.18 Å². The predicted molar refractivity (Wildman–Crippen MR) is 109 cm³/mol. The number of rotatable bonds is 4. The van der Waals surface area contributed by atoms with Gasteiger partial charge < -0.3 is 20.1 Å². The van der Waals surface area contributed by atoms with E-state index in [2.05, 4.69) is 25.1 Å². The Morgan fingerprint density at radius 2 is 1.97 bits per heavy atom. The molecule has 0 atom stereocenters. The molecule has 0 saturated carbocycles. The van der Waals surface area contributed by atoms with Crippen molar-refractivity contribution in [3.63, 3.8) is 0 Å². The second-order valence-electron chi connectivity index (χ2n) is 7.01. The van der Waals surface area contributed by atoms with E-state index in [1.165, 1.54) is 16.8 Å². The molecular weight excluding hydrogens is 447 g/mol. The van der Waals surface area contributed by atoms with Gasteiger partial charge in [0.2, 0.25) is 5.91 Å². The molecule has 1 aliphatic rings. The largest absolute Gasteiger partial charge is 0.453 e. The number of pyridine rings is 1. The quantitative estimate of drug-likeness (QED) is 0.596. The smallest absolute Gasteiger partial charge is 0.417 e. The van der Waals surface area contributed by atoms with Crippen molar-refractivity contribution in [1.29, 1.82) is 0 Å². The van der Waals surface area contributed by atoms with E-state index in [-0.39, 0.29) is 17.2 Å². The van der Waals surface area contributed by atoms with Crippen LogP contribution in [0.4, 0.5) is 29.6 Å². The number of alkyl halides is 3. The highest BCUT2D eigenvalue weighted by Crippen LogP contribution is 2.37. The van der Waals surface area contributed by atoms with E-state index >= 15 is 0 Å². The molecule has 0 aliphatic carbocycles. The average molecular weight is 465 g/mol. The number of hydrogen-bond acceptors (Lipinski definition) is 8. The molecule has 11 nitrogen and oxygen atoms in total. The molecule has 2 amide bonds. The maximum Gasteiger partial charge on any atom is 0.417 e. The molecule has 3 aromatic heterocycles. The minimum absolute atomic E-state index is 0.128. The van der Waals surface area contributed by atoms with E-state index in [0.717, 1.165) is 13.3 Å². The molecule has 1 fully saturated rings. The Kier molecular flexibility index (Phi) is 5.76. The van der Waals surface area contributed by atoms with Crippen LogP contribution in [-0.4, -0.2) is 65.0 Å². The van der Waals surface area contributed by atoms with Gasteiger partial charge in [-0.2, -0.15) is 13.2 Å². The zero-order valence-electron chi connectivity index (χ0n) is 17.2. The molecule has 0 unspecified atom stereocenters. The molecule has 1 saturated heterocycles. The third-order valence-corrected chi connectivity index (χ3v) is 4.90. The van der Waals surface area contributed by atoms with Crippen LogP contribution in [0.25, 0.3) is 16.9 Å². The van der Waals surface area contributed by atoms with E-state index in [1.54, 1.807) is 0 Å². The van der Waals surface area contributed by atoms with Crippen molar-refractivity contribution in [1.82, 2.24) is 19.6 Å². The molecule has 14 heteroatoms. The number of fused-ring (bicyclic) bond motifs is 1. The van der Waals surface area contributed by atoms with Crippen LogP contribution >= 0.6 is 0 Å². The normalized spacial score (nSPS) is 14.4. The molecule has 174 valence electrons. The number of nitrogens with one attached hydrogen (secondary N) is 1. The first-order valence-electron chi connectivity index (χ1n) is 9.63. The molecule has 1 aliphatic heterocycles. The van der Waals surface area contributed by atoms with Gasteiger partial charge in [0.25, 0.3) is 0 Å². The van der Waals surface area contributed by atoms with Gasteiger partial charge >= 0.3 is 12.3 Å². The first-order chi connectivity index (χ1) is 15.7. The highest BCUT2D eigenvalue weighted by atomic mass is 19.4. The lowest BCUT2D eigenvalue weighted by Crippen LogP contribution is -2.37. The van der Waals surface area contributed by atoms with Crippen LogP contribution in [0.1, 0.15) is 15.9 Å². The van der Waals surface area contributed by atoms with Crippen molar-refractivity contribution in [3.05, 3.63) is 35.7 Å². The summed E-state index contributed by atoms with van der Waals surface area (Å²) in [5.74, 6) is -1.03. The molecule has 3 N–H and O–H groups in total. The summed E-state index contributed by atoms with van der Waals surface area (Å²) in [4.78, 5) is 33.1. The van der Waals surface area contributed by atoms with Crippen LogP contribution in [0.2, 0.25) is 0 Å². The molecule has 0 aromatic carbocycles. The number of morpholine rings is 1. The lowest BCUT2D eigenvalue weighted by atomic mass is 10.1. The van der Waals surface area contributed by atoms with Crippen LogP contribution in [0.5, 0.6) is 0 Å². The topological polar surface area (TPSA) is 137 Å². The van der Waals surface area contributed by atoms with E-state index in [0.29, 0.717) is 43.7 Å². The lowest BCUT2D eigenvalue weighted by molar-refractivity contribution is -0.137. The number of carbonyl (C=O) groups excluding carboxylic acids is 2. The Hall–Kier alpha value is -3.94. The van der Waals surface area contributed by atoms with Crippen LogP contribution in [0, 0.1) is 0 Å². The third kappa shape index (κ3) is 4.50. The summed E-state index contributed by atoms with van der Waals surface area (Å²) in [6.45, 7) is 1.68. The van der Waals surface area contributed by atoms with Crippen LogP contribution in [0.3, 0.4) is 0 Å². The summed E-state index contributed by atoms with van der Waals surface area (Å²) in [5.41, 5.74) is 4.37. The number of nitrogens with two attached hydrogens (primary N) is 1. The minimum Gasteiger partial charge on any atom is -0.453 e. The first kappa shape index (κ1) is 22.3. The van der Waals surface area contributed by atoms with E-state index in [4.69, 9.17) is 10.5 Å². The second-order valence-corrected chi connectivity index (χ2v) is 7.01. The van der Waals surface area contributed by atoms with Gasteiger partial charge in [-0.15, -0.1) is 5.10 Å². The minimum atomic E-state index is -4.81. The predicted octanol–water partition coefficient (Wildman–Crippen LogP) is 1.92. The third-order valence-electron chi connectivity index (χ3n) is 4.90. The summed E-state index contributed by atoms with van der Waals surface area (Å²) >= 11 is 0. The van der Waals surface area contributed by atoms with Crippen LogP contribution in [0.15, 0.2) is 24.5 Å². The highest BCUT2D eigenvalue weighted by Gasteiger charge is 2.36. The fourth-order valence-electron chi connectivity index (χ4n) is 3.33. The molecular formula is C19H18F3N7O4. The van der Waals surface area contributed by atoms with Crippen molar-refractivity contribution < 1.29 is 32.2 Å². The van der Waals surface area contributed by atoms with Gasteiger partial charge in [0.15, 0.2) is 11.6 Å². The second kappa shape index (κ2) is 8.54. The van der Waals surface area contributed by atoms with Crippen LogP contribution in [-0.2, 0) is 15.7 Å². The summed E-state index contributed by atoms with van der Waals surface area (Å²) < 4.78 is 52.7. The number of aromatic nitrogens is 4. The number of halogens is 3. The van der Waals surface area contributed by atoms with Gasteiger partial charge in [0.1, 0.15) is 11.3 Å². The summed E-state index contributed by atoms with van der Waals surface area (Å²) in [6.07, 6.45) is -3.54. The van der Waals surface area contributed by atoms with Gasteiger partial charge in [-0.05, 0) is 12.1 Å². The van der Waals surface area contributed by atoms with E-state index < -0.39 is 29.3 Å². The summed E-state index contributed by atoms with van der Waals surface area (Å²) in [5, 5.41) is 6.27. The molecule has 3 aromatic rings. The maximum atomic E-state index is 13.9. The Balaban J connectivity index is 1.89. The molecule has 33 heavy (non-hydrogen) atoms. The number of nitrogens with zero attached hydrogens (tertiary/aromatic N) is 5. The molecule has 0 bridgehead atoms.